The van der Waals surface area contributed by atoms with Crippen molar-refractivity contribution in [2.24, 2.45) is 18.9 Å². The molecule has 3 heterocycles. The number of likely N-dealkylation sites (tertiary alicyclic amines) is 1. The minimum absolute atomic E-state index is 0.0644. The van der Waals surface area contributed by atoms with Crippen LogP contribution in [0, 0.1) is 11.8 Å². The van der Waals surface area contributed by atoms with Gasteiger partial charge in [-0.05, 0) is 62.1 Å². The zero-order valence-corrected chi connectivity index (χ0v) is 22.1. The number of carbonyl (C=O) groups excluding carboxylic acids is 1. The predicted octanol–water partition coefficient (Wildman–Crippen LogP) is 2.42. The minimum atomic E-state index is -3.34. The normalized spacial score (nSPS) is 29.6. The minimum Gasteiger partial charge on any atom is -0.381 e. The molecule has 2 aliphatic heterocycles. The molecule has 0 bridgehead atoms. The summed E-state index contributed by atoms with van der Waals surface area (Å²) >= 11 is 0. The van der Waals surface area contributed by atoms with Crippen molar-refractivity contribution in [1.29, 1.82) is 0 Å². The van der Waals surface area contributed by atoms with Gasteiger partial charge in [0.15, 0.2) is 0 Å². The Morgan fingerprint density at radius 1 is 1.19 bits per heavy atom. The van der Waals surface area contributed by atoms with Crippen LogP contribution in [0.5, 0.6) is 0 Å². The summed E-state index contributed by atoms with van der Waals surface area (Å²) in [5.74, 6) is 0.504. The van der Waals surface area contributed by atoms with Gasteiger partial charge < -0.3 is 14.4 Å². The number of aromatic nitrogens is 2. The van der Waals surface area contributed by atoms with Gasteiger partial charge >= 0.3 is 0 Å². The Balaban J connectivity index is 1.17. The first-order valence-corrected chi connectivity index (χ1v) is 15.0. The van der Waals surface area contributed by atoms with Crippen LogP contribution in [-0.4, -0.2) is 80.3 Å². The van der Waals surface area contributed by atoms with Crippen LogP contribution in [0.3, 0.4) is 0 Å². The Bertz CT molecular complexity index is 1170. The number of rotatable bonds is 7. The van der Waals surface area contributed by atoms with Gasteiger partial charge in [-0.3, -0.25) is 9.48 Å². The summed E-state index contributed by atoms with van der Waals surface area (Å²) in [4.78, 5) is 14.8. The van der Waals surface area contributed by atoms with Crippen molar-refractivity contribution in [2.75, 3.05) is 39.2 Å². The molecule has 0 unspecified atom stereocenters. The molecule has 3 atom stereocenters. The zero-order chi connectivity index (χ0) is 25.3. The molecule has 2 aromatic rings. The third kappa shape index (κ3) is 5.93. The number of carbonyl (C=O) groups is 1. The van der Waals surface area contributed by atoms with E-state index >= 15 is 0 Å². The van der Waals surface area contributed by atoms with Crippen molar-refractivity contribution in [2.45, 2.75) is 56.6 Å². The summed E-state index contributed by atoms with van der Waals surface area (Å²) in [7, 11) is -1.38. The van der Waals surface area contributed by atoms with Crippen molar-refractivity contribution in [3.63, 3.8) is 0 Å². The van der Waals surface area contributed by atoms with E-state index in [1.54, 1.807) is 0 Å². The number of aryl methyl sites for hydroxylation is 1. The van der Waals surface area contributed by atoms with E-state index in [0.717, 1.165) is 37.6 Å². The highest BCUT2D eigenvalue weighted by molar-refractivity contribution is 7.88. The second-order valence-electron chi connectivity index (χ2n) is 10.8. The summed E-state index contributed by atoms with van der Waals surface area (Å²) in [5, 5.41) is 5.53. The van der Waals surface area contributed by atoms with Crippen LogP contribution >= 0.6 is 0 Å². The van der Waals surface area contributed by atoms with Crippen molar-refractivity contribution < 1.29 is 22.7 Å². The molecule has 9 nitrogen and oxygen atoms in total. The number of ether oxygens (including phenoxy) is 2. The third-order valence-electron chi connectivity index (χ3n) is 8.15. The number of nitrogens with one attached hydrogen (secondary N) is 1. The van der Waals surface area contributed by atoms with Gasteiger partial charge in [-0.2, -0.15) is 5.10 Å². The molecule has 1 saturated carbocycles. The Morgan fingerprint density at radius 2 is 2.00 bits per heavy atom. The first-order chi connectivity index (χ1) is 17.3. The molecule has 1 aromatic carbocycles. The van der Waals surface area contributed by atoms with Gasteiger partial charge in [-0.25, -0.2) is 13.1 Å². The quantitative estimate of drug-likeness (QED) is 0.604. The van der Waals surface area contributed by atoms with Crippen molar-refractivity contribution in [3.8, 4) is 0 Å². The van der Waals surface area contributed by atoms with E-state index in [0.29, 0.717) is 45.2 Å². The summed E-state index contributed by atoms with van der Waals surface area (Å²) in [6, 6.07) is 6.42. The van der Waals surface area contributed by atoms with Crippen molar-refractivity contribution >= 4 is 26.8 Å². The fourth-order valence-corrected chi connectivity index (χ4v) is 6.94. The van der Waals surface area contributed by atoms with Gasteiger partial charge in [0.2, 0.25) is 15.9 Å². The lowest BCUT2D eigenvalue weighted by Gasteiger charge is -2.40. The van der Waals surface area contributed by atoms with Crippen LogP contribution in [0.15, 0.2) is 24.4 Å². The maximum Gasteiger partial charge on any atom is 0.228 e. The highest BCUT2D eigenvalue weighted by atomic mass is 32.2. The molecule has 3 aliphatic rings. The van der Waals surface area contributed by atoms with Crippen LogP contribution in [0.25, 0.3) is 10.9 Å². The van der Waals surface area contributed by atoms with E-state index in [1.165, 1.54) is 17.2 Å². The van der Waals surface area contributed by atoms with E-state index in [1.807, 2.05) is 22.8 Å². The molecule has 0 spiro atoms. The van der Waals surface area contributed by atoms with Gasteiger partial charge in [0.05, 0.1) is 43.2 Å². The monoisotopic (exact) mass is 518 g/mol. The van der Waals surface area contributed by atoms with E-state index in [9.17, 15) is 13.2 Å². The Labute approximate surface area is 213 Å². The van der Waals surface area contributed by atoms with Crippen molar-refractivity contribution in [3.05, 3.63) is 30.0 Å². The third-order valence-corrected chi connectivity index (χ3v) is 8.88. The fraction of sp³-hybridized carbons (Fsp3) is 0.692. The molecular weight excluding hydrogens is 480 g/mol. The van der Waals surface area contributed by atoms with E-state index in [2.05, 4.69) is 28.0 Å². The number of fused-ring (bicyclic) bond motifs is 1. The predicted molar refractivity (Wildman–Crippen MR) is 137 cm³/mol. The molecule has 2 saturated heterocycles. The standard InChI is InChI=1S/C26H38N4O5S/c1-29-25-8-5-19(13-21(25)14-27-29)18-3-6-23(7-4-18)35-17-22-15-30(26(31)20-10-12-34-16-20)11-9-24(22)28-36(2,32)33/h5,8,13-14,18,20,22-24,28H,3-4,6-7,9-12,15-17H2,1-2H3/t18?,20-,22+,23?,24+/m1/s1. The zero-order valence-electron chi connectivity index (χ0n) is 21.3. The lowest BCUT2D eigenvalue weighted by Crippen LogP contribution is -2.54. The van der Waals surface area contributed by atoms with Gasteiger partial charge in [-0.15, -0.1) is 0 Å². The van der Waals surface area contributed by atoms with Gasteiger partial charge in [0.1, 0.15) is 0 Å². The molecule has 198 valence electrons. The number of hydrogen-bond donors (Lipinski definition) is 1. The van der Waals surface area contributed by atoms with E-state index in [-0.39, 0.29) is 29.9 Å². The first kappa shape index (κ1) is 25.6. The first-order valence-electron chi connectivity index (χ1n) is 13.1. The molecule has 5 rings (SSSR count). The molecule has 1 aliphatic carbocycles. The lowest BCUT2D eigenvalue weighted by molar-refractivity contribution is -0.138. The summed E-state index contributed by atoms with van der Waals surface area (Å²) in [6.45, 7) is 2.65. The second-order valence-corrected chi connectivity index (χ2v) is 12.6. The largest absolute Gasteiger partial charge is 0.381 e. The van der Waals surface area contributed by atoms with E-state index < -0.39 is 10.0 Å². The highest BCUT2D eigenvalue weighted by Gasteiger charge is 2.37. The second kappa shape index (κ2) is 10.8. The summed E-state index contributed by atoms with van der Waals surface area (Å²) < 4.78 is 40.4. The molecule has 3 fully saturated rings. The molecule has 0 radical (unpaired) electrons. The van der Waals surface area contributed by atoms with E-state index in [4.69, 9.17) is 9.47 Å². The van der Waals surface area contributed by atoms with Crippen LogP contribution < -0.4 is 4.72 Å². The topological polar surface area (TPSA) is 103 Å². The number of nitrogens with zero attached hydrogens (tertiary/aromatic N) is 3. The van der Waals surface area contributed by atoms with Gasteiger partial charge in [0, 0.05) is 44.1 Å². The average molecular weight is 519 g/mol. The SMILES string of the molecule is Cn1ncc2cc(C3CCC(OC[C@@H]4CN(C(=O)[C@@H]5CCOC5)CC[C@@H]4NS(C)(=O)=O)CC3)ccc21. The smallest absolute Gasteiger partial charge is 0.228 e. The fourth-order valence-electron chi connectivity index (χ4n) is 6.08. The number of piperidine rings is 1. The van der Waals surface area contributed by atoms with Crippen LogP contribution in [0.2, 0.25) is 0 Å². The number of benzene rings is 1. The Kier molecular flexibility index (Phi) is 7.67. The molecular formula is C26H38N4O5S. The van der Waals surface area contributed by atoms with Crippen molar-refractivity contribution in [1.82, 2.24) is 19.4 Å². The Hall–Kier alpha value is -2.01. The van der Waals surface area contributed by atoms with Gasteiger partial charge in [0.25, 0.3) is 0 Å². The average Bonchev–Trinajstić information content (AvgIpc) is 3.53. The molecule has 1 amide bonds. The summed E-state index contributed by atoms with van der Waals surface area (Å²) in [5.41, 5.74) is 2.51. The number of sulfonamides is 1. The molecule has 1 aromatic heterocycles. The maximum absolute atomic E-state index is 13.0. The van der Waals surface area contributed by atoms with Gasteiger partial charge in [-0.1, -0.05) is 6.07 Å². The molecule has 10 heteroatoms. The molecule has 36 heavy (non-hydrogen) atoms. The highest BCUT2D eigenvalue weighted by Crippen LogP contribution is 2.35. The van der Waals surface area contributed by atoms with Crippen LogP contribution in [-0.2, 0) is 31.3 Å². The van der Waals surface area contributed by atoms with Crippen LogP contribution in [0.4, 0.5) is 0 Å². The number of hydrogen-bond acceptors (Lipinski definition) is 6. The molecule has 1 N–H and O–H groups in total. The lowest BCUT2D eigenvalue weighted by atomic mass is 9.82. The number of amides is 1. The maximum atomic E-state index is 13.0. The summed E-state index contributed by atoms with van der Waals surface area (Å²) in [6.07, 6.45) is 8.74. The Morgan fingerprint density at radius 3 is 2.72 bits per heavy atom. The van der Waals surface area contributed by atoms with Crippen LogP contribution in [0.1, 0.15) is 50.0 Å².